The van der Waals surface area contributed by atoms with Gasteiger partial charge < -0.3 is 15.1 Å². The van der Waals surface area contributed by atoms with Crippen molar-refractivity contribution in [3.63, 3.8) is 0 Å². The number of urea groups is 1. The summed E-state index contributed by atoms with van der Waals surface area (Å²) in [5.41, 5.74) is 2.22. The van der Waals surface area contributed by atoms with Gasteiger partial charge in [-0.3, -0.25) is 4.79 Å². The number of rotatable bonds is 8. The van der Waals surface area contributed by atoms with Crippen LogP contribution in [0.1, 0.15) is 56.5 Å². The second kappa shape index (κ2) is 10.2. The molecule has 1 N–H and O–H groups in total. The molecular formula is C21H35N3O2. The summed E-state index contributed by atoms with van der Waals surface area (Å²) in [6, 6.07) is 5.34. The SMILES string of the molecule is Cc1ccc(C(=O)N(C)C)cc1NC(=O)N(CCC(C)C)CCC(C)C. The quantitative estimate of drug-likeness (QED) is 0.734. The Bertz CT molecular complexity index is 597. The predicted octanol–water partition coefficient (Wildman–Crippen LogP) is 4.62. The molecule has 0 radical (unpaired) electrons. The van der Waals surface area contributed by atoms with Gasteiger partial charge in [-0.15, -0.1) is 0 Å². The molecule has 0 aliphatic heterocycles. The number of carbonyl (C=O) groups is 2. The molecule has 1 aromatic rings. The molecule has 0 spiro atoms. The Morgan fingerprint density at radius 3 is 2.00 bits per heavy atom. The highest BCUT2D eigenvalue weighted by Crippen LogP contribution is 2.19. The summed E-state index contributed by atoms with van der Waals surface area (Å²) < 4.78 is 0. The first-order valence-corrected chi connectivity index (χ1v) is 9.50. The number of hydrogen-bond acceptors (Lipinski definition) is 2. The number of hydrogen-bond donors (Lipinski definition) is 1. The Morgan fingerprint density at radius 2 is 1.54 bits per heavy atom. The highest BCUT2D eigenvalue weighted by molar-refractivity contribution is 5.97. The van der Waals surface area contributed by atoms with Crippen molar-refractivity contribution >= 4 is 17.6 Å². The molecule has 0 saturated carbocycles. The highest BCUT2D eigenvalue weighted by Gasteiger charge is 2.17. The first-order valence-electron chi connectivity index (χ1n) is 9.50. The average molecular weight is 362 g/mol. The summed E-state index contributed by atoms with van der Waals surface area (Å²) in [5.74, 6) is 1.02. The third kappa shape index (κ3) is 7.06. The summed E-state index contributed by atoms with van der Waals surface area (Å²) in [5, 5.41) is 3.01. The normalized spacial score (nSPS) is 11.0. The minimum absolute atomic E-state index is 0.0722. The van der Waals surface area contributed by atoms with E-state index in [4.69, 9.17) is 0 Å². The van der Waals surface area contributed by atoms with Crippen molar-refractivity contribution in [2.24, 2.45) is 11.8 Å². The van der Waals surface area contributed by atoms with Crippen LogP contribution < -0.4 is 5.32 Å². The summed E-state index contributed by atoms with van der Waals surface area (Å²) in [6.45, 7) is 12.1. The molecule has 0 saturated heterocycles. The van der Waals surface area contributed by atoms with Crippen LogP contribution in [0.25, 0.3) is 0 Å². The van der Waals surface area contributed by atoms with Gasteiger partial charge in [-0.1, -0.05) is 33.8 Å². The van der Waals surface area contributed by atoms with Crippen LogP contribution in [-0.4, -0.2) is 48.9 Å². The first kappa shape index (κ1) is 22.0. The molecule has 5 heteroatoms. The minimum atomic E-state index is -0.0937. The Kier molecular flexibility index (Phi) is 8.62. The molecular weight excluding hydrogens is 326 g/mol. The molecule has 0 unspecified atom stereocenters. The average Bonchev–Trinajstić information content (AvgIpc) is 2.55. The number of aryl methyl sites for hydroxylation is 1. The van der Waals surface area contributed by atoms with Crippen LogP contribution in [0.3, 0.4) is 0 Å². The third-order valence-electron chi connectivity index (χ3n) is 4.37. The molecule has 1 rings (SSSR count). The lowest BCUT2D eigenvalue weighted by Gasteiger charge is -2.25. The van der Waals surface area contributed by atoms with Crippen LogP contribution in [0.2, 0.25) is 0 Å². The Balaban J connectivity index is 2.92. The van der Waals surface area contributed by atoms with Gasteiger partial charge in [0.25, 0.3) is 5.91 Å². The van der Waals surface area contributed by atoms with E-state index in [-0.39, 0.29) is 11.9 Å². The monoisotopic (exact) mass is 361 g/mol. The summed E-state index contributed by atoms with van der Waals surface area (Å²) in [7, 11) is 3.44. The van der Waals surface area contributed by atoms with Crippen LogP contribution in [0, 0.1) is 18.8 Å². The maximum absolute atomic E-state index is 12.8. The lowest BCUT2D eigenvalue weighted by Crippen LogP contribution is -2.37. The van der Waals surface area contributed by atoms with E-state index in [1.54, 1.807) is 26.2 Å². The van der Waals surface area contributed by atoms with Gasteiger partial charge in [-0.05, 0) is 49.3 Å². The largest absolute Gasteiger partial charge is 0.345 e. The molecule has 0 bridgehead atoms. The van der Waals surface area contributed by atoms with E-state index < -0.39 is 0 Å². The van der Waals surface area contributed by atoms with Crippen molar-refractivity contribution in [1.29, 1.82) is 0 Å². The van der Waals surface area contributed by atoms with Crippen LogP contribution in [0.4, 0.5) is 10.5 Å². The fourth-order valence-electron chi connectivity index (χ4n) is 2.49. The van der Waals surface area contributed by atoms with Gasteiger partial charge in [-0.2, -0.15) is 0 Å². The molecule has 0 aliphatic carbocycles. The zero-order valence-corrected chi connectivity index (χ0v) is 17.4. The maximum Gasteiger partial charge on any atom is 0.321 e. The number of anilines is 1. The van der Waals surface area contributed by atoms with Gasteiger partial charge in [0, 0.05) is 38.4 Å². The summed E-state index contributed by atoms with van der Waals surface area (Å²) in [6.07, 6.45) is 1.95. The van der Waals surface area contributed by atoms with Crippen LogP contribution in [-0.2, 0) is 0 Å². The highest BCUT2D eigenvalue weighted by atomic mass is 16.2. The van der Waals surface area contributed by atoms with Crippen molar-refractivity contribution in [3.05, 3.63) is 29.3 Å². The second-order valence-corrected chi connectivity index (χ2v) is 8.01. The van der Waals surface area contributed by atoms with E-state index in [0.29, 0.717) is 23.1 Å². The molecule has 0 atom stereocenters. The minimum Gasteiger partial charge on any atom is -0.345 e. The molecule has 5 nitrogen and oxygen atoms in total. The topological polar surface area (TPSA) is 52.7 Å². The zero-order valence-electron chi connectivity index (χ0n) is 17.4. The molecule has 0 aromatic heterocycles. The van der Waals surface area contributed by atoms with Crippen molar-refractivity contribution in [2.45, 2.75) is 47.5 Å². The fraction of sp³-hybridized carbons (Fsp3) is 0.619. The van der Waals surface area contributed by atoms with E-state index in [1.807, 2.05) is 17.9 Å². The van der Waals surface area contributed by atoms with Crippen molar-refractivity contribution in [2.75, 3.05) is 32.5 Å². The van der Waals surface area contributed by atoms with Gasteiger partial charge in [0.15, 0.2) is 0 Å². The number of benzene rings is 1. The smallest absolute Gasteiger partial charge is 0.321 e. The van der Waals surface area contributed by atoms with E-state index in [2.05, 4.69) is 33.0 Å². The number of nitrogens with one attached hydrogen (secondary N) is 1. The van der Waals surface area contributed by atoms with E-state index >= 15 is 0 Å². The van der Waals surface area contributed by atoms with Crippen molar-refractivity contribution < 1.29 is 9.59 Å². The fourth-order valence-corrected chi connectivity index (χ4v) is 2.49. The van der Waals surface area contributed by atoms with Crippen molar-refractivity contribution in [3.8, 4) is 0 Å². The number of nitrogens with zero attached hydrogens (tertiary/aromatic N) is 2. The number of amides is 3. The van der Waals surface area contributed by atoms with E-state index in [1.165, 1.54) is 4.90 Å². The Labute approximate surface area is 158 Å². The molecule has 1 aromatic carbocycles. The van der Waals surface area contributed by atoms with Crippen LogP contribution in [0.15, 0.2) is 18.2 Å². The third-order valence-corrected chi connectivity index (χ3v) is 4.37. The van der Waals surface area contributed by atoms with Gasteiger partial charge in [0.1, 0.15) is 0 Å². The molecule has 0 fully saturated rings. The molecule has 0 heterocycles. The van der Waals surface area contributed by atoms with E-state index in [0.717, 1.165) is 31.5 Å². The summed E-state index contributed by atoms with van der Waals surface area (Å²) >= 11 is 0. The second-order valence-electron chi connectivity index (χ2n) is 8.01. The number of carbonyl (C=O) groups excluding carboxylic acids is 2. The van der Waals surface area contributed by atoms with Crippen LogP contribution >= 0.6 is 0 Å². The molecule has 146 valence electrons. The van der Waals surface area contributed by atoms with Gasteiger partial charge in [0.2, 0.25) is 0 Å². The Hall–Kier alpha value is -2.04. The maximum atomic E-state index is 12.8. The van der Waals surface area contributed by atoms with Crippen LogP contribution in [0.5, 0.6) is 0 Å². The predicted molar refractivity (Wildman–Crippen MR) is 109 cm³/mol. The lowest BCUT2D eigenvalue weighted by molar-refractivity contribution is 0.0827. The summed E-state index contributed by atoms with van der Waals surface area (Å²) in [4.78, 5) is 28.4. The Morgan fingerprint density at radius 1 is 1.00 bits per heavy atom. The van der Waals surface area contributed by atoms with Gasteiger partial charge >= 0.3 is 6.03 Å². The molecule has 26 heavy (non-hydrogen) atoms. The first-order chi connectivity index (χ1) is 12.1. The van der Waals surface area contributed by atoms with Gasteiger partial charge in [-0.25, -0.2) is 4.79 Å². The van der Waals surface area contributed by atoms with Gasteiger partial charge in [0.05, 0.1) is 0 Å². The standard InChI is InChI=1S/C21H35N3O2/c1-15(2)10-12-24(13-11-16(3)4)21(26)22-19-14-18(9-8-17(19)5)20(25)23(6)7/h8-9,14-16H,10-13H2,1-7H3,(H,22,26). The van der Waals surface area contributed by atoms with E-state index in [9.17, 15) is 9.59 Å². The molecule has 0 aliphatic rings. The molecule has 3 amide bonds. The lowest BCUT2D eigenvalue weighted by atomic mass is 10.1. The van der Waals surface area contributed by atoms with Crippen molar-refractivity contribution in [1.82, 2.24) is 9.80 Å². The zero-order chi connectivity index (χ0) is 19.9.